The maximum absolute atomic E-state index is 11.6. The molecule has 2 aromatic rings. The van der Waals surface area contributed by atoms with Crippen molar-refractivity contribution in [1.29, 1.82) is 0 Å². The van der Waals surface area contributed by atoms with E-state index in [0.29, 0.717) is 6.42 Å². The van der Waals surface area contributed by atoms with Gasteiger partial charge in [-0.2, -0.15) is 0 Å². The Labute approximate surface area is 166 Å². The zero-order chi connectivity index (χ0) is 20.3. The average Bonchev–Trinajstić information content (AvgIpc) is 2.65. The molecule has 1 aliphatic rings. The van der Waals surface area contributed by atoms with E-state index in [2.05, 4.69) is 19.9 Å². The van der Waals surface area contributed by atoms with Gasteiger partial charge < -0.3 is 14.6 Å². The lowest BCUT2D eigenvalue weighted by Crippen LogP contribution is -2.31. The van der Waals surface area contributed by atoms with Crippen LogP contribution in [-0.2, 0) is 9.53 Å². The van der Waals surface area contributed by atoms with Crippen LogP contribution in [0.1, 0.15) is 49.6 Å². The second kappa shape index (κ2) is 8.57. The van der Waals surface area contributed by atoms with Gasteiger partial charge in [0.15, 0.2) is 0 Å². The van der Waals surface area contributed by atoms with Crippen molar-refractivity contribution in [3.8, 4) is 16.9 Å². The molecule has 5 heteroatoms. The fourth-order valence-electron chi connectivity index (χ4n) is 3.46. The molecule has 0 spiro atoms. The second-order valence-electron chi connectivity index (χ2n) is 7.47. The minimum Gasteiger partial charge on any atom is -0.497 e. The largest absolute Gasteiger partial charge is 0.497 e. The van der Waals surface area contributed by atoms with Crippen molar-refractivity contribution in [1.82, 2.24) is 4.98 Å². The lowest BCUT2D eigenvalue weighted by Gasteiger charge is -2.24. The fraction of sp³-hybridized carbons (Fsp3) is 0.391. The summed E-state index contributed by atoms with van der Waals surface area (Å²) in [5, 5.41) is 9.85. The van der Waals surface area contributed by atoms with E-state index in [1.165, 1.54) is 0 Å². The molecule has 2 atom stereocenters. The first-order valence-corrected chi connectivity index (χ1v) is 9.59. The summed E-state index contributed by atoms with van der Waals surface area (Å²) in [6, 6.07) is 9.99. The van der Waals surface area contributed by atoms with Crippen LogP contribution in [0.25, 0.3) is 17.2 Å². The molecule has 1 fully saturated rings. The molecule has 0 unspecified atom stereocenters. The number of benzene rings is 1. The van der Waals surface area contributed by atoms with Crippen LogP contribution in [0.2, 0.25) is 0 Å². The third kappa shape index (κ3) is 4.60. The number of ether oxygens (including phenoxy) is 2. The van der Waals surface area contributed by atoms with E-state index >= 15 is 0 Å². The number of carbonyl (C=O) groups is 1. The van der Waals surface area contributed by atoms with Crippen molar-refractivity contribution < 1.29 is 19.4 Å². The summed E-state index contributed by atoms with van der Waals surface area (Å²) >= 11 is 0. The molecule has 3 rings (SSSR count). The van der Waals surface area contributed by atoms with Gasteiger partial charge in [-0.25, -0.2) is 0 Å². The summed E-state index contributed by atoms with van der Waals surface area (Å²) in [6.45, 7) is 6.22. The number of aliphatic hydroxyl groups is 1. The first-order valence-electron chi connectivity index (χ1n) is 9.59. The highest BCUT2D eigenvalue weighted by atomic mass is 16.5. The predicted octanol–water partition coefficient (Wildman–Crippen LogP) is 4.27. The van der Waals surface area contributed by atoms with E-state index in [1.54, 1.807) is 7.11 Å². The molecule has 0 bridgehead atoms. The molecule has 148 valence electrons. The number of methoxy groups -OCH3 is 1. The van der Waals surface area contributed by atoms with E-state index in [-0.39, 0.29) is 18.3 Å². The van der Waals surface area contributed by atoms with Crippen molar-refractivity contribution >= 4 is 12.0 Å². The monoisotopic (exact) mass is 381 g/mol. The number of cyclic esters (lactones) is 1. The van der Waals surface area contributed by atoms with Gasteiger partial charge in [-0.1, -0.05) is 32.1 Å². The smallest absolute Gasteiger partial charge is 0.309 e. The maximum atomic E-state index is 11.6. The van der Waals surface area contributed by atoms with Crippen molar-refractivity contribution in [3.05, 3.63) is 53.4 Å². The highest BCUT2D eigenvalue weighted by Gasteiger charge is 2.25. The molecule has 2 heterocycles. The highest BCUT2D eigenvalue weighted by Crippen LogP contribution is 2.32. The molecular weight excluding hydrogens is 354 g/mol. The van der Waals surface area contributed by atoms with Crippen LogP contribution < -0.4 is 4.74 Å². The summed E-state index contributed by atoms with van der Waals surface area (Å²) in [7, 11) is 1.65. The van der Waals surface area contributed by atoms with Crippen LogP contribution in [-0.4, -0.2) is 35.4 Å². The van der Waals surface area contributed by atoms with Crippen molar-refractivity contribution in [2.75, 3.05) is 7.11 Å². The van der Waals surface area contributed by atoms with Crippen LogP contribution >= 0.6 is 0 Å². The van der Waals surface area contributed by atoms with E-state index in [1.807, 2.05) is 43.3 Å². The molecule has 0 aliphatic carbocycles. The number of pyridine rings is 1. The predicted molar refractivity (Wildman–Crippen MR) is 109 cm³/mol. The summed E-state index contributed by atoms with van der Waals surface area (Å²) in [5.74, 6) is 0.671. The van der Waals surface area contributed by atoms with Gasteiger partial charge in [0.05, 0.1) is 25.3 Å². The molecule has 5 nitrogen and oxygen atoms in total. The molecule has 1 aromatic heterocycles. The summed E-state index contributed by atoms with van der Waals surface area (Å²) < 4.78 is 10.6. The maximum Gasteiger partial charge on any atom is 0.309 e. The van der Waals surface area contributed by atoms with Crippen molar-refractivity contribution in [2.45, 2.75) is 51.7 Å². The van der Waals surface area contributed by atoms with Gasteiger partial charge in [0.2, 0.25) is 0 Å². The molecule has 0 saturated carbocycles. The third-order valence-corrected chi connectivity index (χ3v) is 4.83. The van der Waals surface area contributed by atoms with E-state index < -0.39 is 12.2 Å². The Bertz CT molecular complexity index is 871. The standard InChI is InChI=1S/C23H27NO4/c1-14(2)23-20(10-9-19-12-17(25)13-22(26)28-19)21(11-15(3)24-23)16-5-7-18(27-4)8-6-16/h5-11,14,17,19,25H,12-13H2,1-4H3/t17-,19-/m1/s1. The SMILES string of the molecule is COc1ccc(-c2cc(C)nc(C(C)C)c2C=C[C@@H]2C[C@@H](O)CC(=O)O2)cc1. The van der Waals surface area contributed by atoms with Crippen LogP contribution in [0.15, 0.2) is 36.4 Å². The Morgan fingerprint density at radius 1 is 1.29 bits per heavy atom. The third-order valence-electron chi connectivity index (χ3n) is 4.83. The molecule has 28 heavy (non-hydrogen) atoms. The minimum atomic E-state index is -0.655. The van der Waals surface area contributed by atoms with E-state index in [4.69, 9.17) is 14.5 Å². The Kier molecular flexibility index (Phi) is 6.15. The summed E-state index contributed by atoms with van der Waals surface area (Å²) in [5.41, 5.74) is 5.07. The molecule has 1 aliphatic heterocycles. The molecule has 0 amide bonds. The van der Waals surface area contributed by atoms with Gasteiger partial charge in [0.25, 0.3) is 0 Å². The van der Waals surface area contributed by atoms with Gasteiger partial charge >= 0.3 is 5.97 Å². The van der Waals surface area contributed by atoms with Crippen LogP contribution in [0.4, 0.5) is 0 Å². The first kappa shape index (κ1) is 20.1. The zero-order valence-corrected chi connectivity index (χ0v) is 16.8. The lowest BCUT2D eigenvalue weighted by atomic mass is 9.92. The Morgan fingerprint density at radius 2 is 2.00 bits per heavy atom. The fourth-order valence-corrected chi connectivity index (χ4v) is 3.46. The second-order valence-corrected chi connectivity index (χ2v) is 7.47. The van der Waals surface area contributed by atoms with Crippen LogP contribution in [0.5, 0.6) is 5.75 Å². The average molecular weight is 381 g/mol. The van der Waals surface area contributed by atoms with Gasteiger partial charge in [0.1, 0.15) is 11.9 Å². The Balaban J connectivity index is 2.04. The Morgan fingerprint density at radius 3 is 2.61 bits per heavy atom. The quantitative estimate of drug-likeness (QED) is 0.784. The van der Waals surface area contributed by atoms with E-state index in [0.717, 1.165) is 33.8 Å². The zero-order valence-electron chi connectivity index (χ0n) is 16.8. The summed E-state index contributed by atoms with van der Waals surface area (Å²) in [6.07, 6.45) is 3.21. The number of esters is 1. The number of hydrogen-bond acceptors (Lipinski definition) is 5. The van der Waals surface area contributed by atoms with Gasteiger partial charge in [-0.15, -0.1) is 0 Å². The van der Waals surface area contributed by atoms with Gasteiger partial charge in [0, 0.05) is 17.7 Å². The normalized spacial score (nSPS) is 19.9. The Hall–Kier alpha value is -2.66. The number of aryl methyl sites for hydroxylation is 1. The van der Waals surface area contributed by atoms with Crippen molar-refractivity contribution in [3.63, 3.8) is 0 Å². The molecule has 0 radical (unpaired) electrons. The number of aromatic nitrogens is 1. The lowest BCUT2D eigenvalue weighted by molar-refractivity contribution is -0.156. The number of carbonyl (C=O) groups excluding carboxylic acids is 1. The topological polar surface area (TPSA) is 68.7 Å². The van der Waals surface area contributed by atoms with Crippen molar-refractivity contribution in [2.24, 2.45) is 0 Å². The minimum absolute atomic E-state index is 0.0603. The summed E-state index contributed by atoms with van der Waals surface area (Å²) in [4.78, 5) is 16.4. The first-order chi connectivity index (χ1) is 13.4. The number of aliphatic hydroxyl groups excluding tert-OH is 1. The number of hydrogen-bond donors (Lipinski definition) is 1. The molecule has 1 aromatic carbocycles. The highest BCUT2D eigenvalue weighted by molar-refractivity contribution is 5.78. The molecule has 1 N–H and O–H groups in total. The number of nitrogens with zero attached hydrogens (tertiary/aromatic N) is 1. The van der Waals surface area contributed by atoms with Gasteiger partial charge in [-0.3, -0.25) is 9.78 Å². The molecular formula is C23H27NO4. The molecule has 1 saturated heterocycles. The van der Waals surface area contributed by atoms with Crippen LogP contribution in [0, 0.1) is 6.92 Å². The van der Waals surface area contributed by atoms with Crippen LogP contribution in [0.3, 0.4) is 0 Å². The van der Waals surface area contributed by atoms with E-state index in [9.17, 15) is 9.90 Å². The van der Waals surface area contributed by atoms with Gasteiger partial charge in [-0.05, 0) is 48.2 Å². The number of rotatable bonds is 5.